The minimum Gasteiger partial charge on any atom is -0.463 e. The van der Waals surface area contributed by atoms with Gasteiger partial charge < -0.3 is 19.7 Å². The lowest BCUT2D eigenvalue weighted by atomic mass is 9.99. The molecule has 0 radical (unpaired) electrons. The first-order valence-electron chi connectivity index (χ1n) is 20.7. The van der Waals surface area contributed by atoms with Crippen molar-refractivity contribution in [3.63, 3.8) is 0 Å². The van der Waals surface area contributed by atoms with Crippen molar-refractivity contribution in [1.29, 1.82) is 0 Å². The average molecular weight is 703 g/mol. The van der Waals surface area contributed by atoms with Crippen molar-refractivity contribution >= 4 is 11.9 Å². The van der Waals surface area contributed by atoms with Gasteiger partial charge in [0.25, 0.3) is 0 Å². The van der Waals surface area contributed by atoms with Crippen molar-refractivity contribution in [1.82, 2.24) is 0 Å². The predicted molar refractivity (Wildman–Crippen MR) is 211 cm³/mol. The summed E-state index contributed by atoms with van der Waals surface area (Å²) in [5.74, 6) is 0.232. The van der Waals surface area contributed by atoms with E-state index < -0.39 is 12.2 Å². The second-order valence-corrected chi connectivity index (χ2v) is 14.2. The number of allylic oxidation sites excluding steroid dienone is 6. The van der Waals surface area contributed by atoms with Crippen LogP contribution in [0.15, 0.2) is 48.6 Å². The molecule has 0 amide bonds. The van der Waals surface area contributed by atoms with Gasteiger partial charge in [0.05, 0.1) is 6.10 Å². The molecule has 0 aromatic carbocycles. The molecule has 0 bridgehead atoms. The second kappa shape index (κ2) is 38.1. The summed E-state index contributed by atoms with van der Waals surface area (Å²) in [7, 11) is 0. The Bertz CT molecular complexity index is 876. The van der Waals surface area contributed by atoms with Crippen LogP contribution in [0, 0.1) is 5.92 Å². The number of aliphatic hydroxyl groups is 2. The van der Waals surface area contributed by atoms with Crippen molar-refractivity contribution in [2.75, 3.05) is 13.2 Å². The molecule has 0 saturated heterocycles. The average Bonchev–Trinajstić information content (AvgIpc) is 3.11. The maximum atomic E-state index is 12.0. The Morgan fingerprint density at radius 2 is 1.10 bits per heavy atom. The van der Waals surface area contributed by atoms with E-state index in [1.165, 1.54) is 103 Å². The number of hydrogen-bond acceptors (Lipinski definition) is 6. The number of carbonyl (C=O) groups is 2. The third-order valence-electron chi connectivity index (χ3n) is 9.19. The number of unbranched alkanes of at least 4 members (excludes halogenated alkanes) is 17. The maximum Gasteiger partial charge on any atom is 0.305 e. The van der Waals surface area contributed by atoms with Crippen LogP contribution in [0.3, 0.4) is 0 Å². The first-order chi connectivity index (χ1) is 24.4. The summed E-state index contributed by atoms with van der Waals surface area (Å²) in [4.78, 5) is 23.9. The lowest BCUT2D eigenvalue weighted by Crippen LogP contribution is -2.25. The van der Waals surface area contributed by atoms with Crippen LogP contribution in [0.4, 0.5) is 0 Å². The molecule has 0 aliphatic rings. The molecule has 0 aliphatic carbocycles. The van der Waals surface area contributed by atoms with Crippen molar-refractivity contribution in [2.24, 2.45) is 5.92 Å². The van der Waals surface area contributed by atoms with Crippen molar-refractivity contribution < 1.29 is 29.3 Å². The van der Waals surface area contributed by atoms with E-state index in [0.717, 1.165) is 44.4 Å². The fourth-order valence-electron chi connectivity index (χ4n) is 5.61. The highest BCUT2D eigenvalue weighted by Gasteiger charge is 2.12. The zero-order valence-corrected chi connectivity index (χ0v) is 32.7. The molecule has 6 heteroatoms. The van der Waals surface area contributed by atoms with Gasteiger partial charge in [-0.3, -0.25) is 9.59 Å². The molecule has 290 valence electrons. The standard InChI is InChI=1S/C44H78O6/c1-4-6-7-8-24-29-34-41(45)35-30-25-20-17-18-22-27-32-37-44(48)50-39-42(46)38-49-43(47)36-31-26-21-16-14-12-10-9-11-13-15-19-23-28-33-40(3)5-2/h18,20,22,24-25,29-30,35,40-42,45-46H,4-17,19,21,23,26-28,31-34,36-39H2,1-3H3/b22-18-,25-20-,29-24-,35-30+/t40?,41-,42+/m1/s1. The van der Waals surface area contributed by atoms with Crippen LogP contribution in [0.5, 0.6) is 0 Å². The fourth-order valence-corrected chi connectivity index (χ4v) is 5.61. The Labute approximate surface area is 308 Å². The van der Waals surface area contributed by atoms with E-state index in [9.17, 15) is 19.8 Å². The smallest absolute Gasteiger partial charge is 0.305 e. The largest absolute Gasteiger partial charge is 0.463 e. The monoisotopic (exact) mass is 703 g/mol. The zero-order valence-electron chi connectivity index (χ0n) is 32.7. The molecule has 0 aliphatic heterocycles. The first kappa shape index (κ1) is 47.8. The van der Waals surface area contributed by atoms with Crippen LogP contribution in [-0.2, 0) is 19.1 Å². The van der Waals surface area contributed by atoms with E-state index in [4.69, 9.17) is 9.47 Å². The number of esters is 2. The van der Waals surface area contributed by atoms with Gasteiger partial charge in [0.2, 0.25) is 0 Å². The number of carbonyl (C=O) groups excluding carboxylic acids is 2. The molecule has 0 saturated carbocycles. The molecule has 2 N–H and O–H groups in total. The molecule has 0 heterocycles. The van der Waals surface area contributed by atoms with E-state index in [1.54, 1.807) is 6.08 Å². The van der Waals surface area contributed by atoms with Crippen LogP contribution in [0.2, 0.25) is 0 Å². The molecule has 0 aromatic rings. The fraction of sp³-hybridized carbons (Fsp3) is 0.773. The topological polar surface area (TPSA) is 93.1 Å². The SMILES string of the molecule is CCCCC/C=C\C[C@@H](O)/C=C/C=C\C/C=C\CCCC(=O)OC[C@@H](O)COC(=O)CCCCCCCCCCCCCCCCC(C)CC. The molecule has 0 rings (SSSR count). The third-order valence-corrected chi connectivity index (χ3v) is 9.19. The molecule has 0 fully saturated rings. The summed E-state index contributed by atoms with van der Waals surface area (Å²) in [6, 6.07) is 0. The van der Waals surface area contributed by atoms with Gasteiger partial charge in [0.1, 0.15) is 19.3 Å². The van der Waals surface area contributed by atoms with E-state index in [-0.39, 0.29) is 31.6 Å². The quantitative estimate of drug-likeness (QED) is 0.0292. The Morgan fingerprint density at radius 1 is 0.580 bits per heavy atom. The van der Waals surface area contributed by atoms with Gasteiger partial charge in [0, 0.05) is 12.8 Å². The van der Waals surface area contributed by atoms with E-state index in [1.807, 2.05) is 30.4 Å². The van der Waals surface area contributed by atoms with Crippen molar-refractivity contribution in [3.8, 4) is 0 Å². The number of ether oxygens (including phenoxy) is 2. The summed E-state index contributed by atoms with van der Waals surface area (Å²) in [5.41, 5.74) is 0. The van der Waals surface area contributed by atoms with Gasteiger partial charge in [-0.15, -0.1) is 0 Å². The zero-order chi connectivity index (χ0) is 36.8. The van der Waals surface area contributed by atoms with Crippen molar-refractivity contribution in [3.05, 3.63) is 48.6 Å². The molecular weight excluding hydrogens is 624 g/mol. The summed E-state index contributed by atoms with van der Waals surface area (Å²) in [6.07, 6.45) is 43.4. The lowest BCUT2D eigenvalue weighted by Gasteiger charge is -2.12. The van der Waals surface area contributed by atoms with Crippen LogP contribution in [0.1, 0.15) is 188 Å². The molecule has 1 unspecified atom stereocenters. The van der Waals surface area contributed by atoms with E-state index in [0.29, 0.717) is 19.3 Å². The van der Waals surface area contributed by atoms with E-state index in [2.05, 4.69) is 32.9 Å². The molecule has 3 atom stereocenters. The second-order valence-electron chi connectivity index (χ2n) is 14.2. The Hall–Kier alpha value is -2.18. The van der Waals surface area contributed by atoms with Crippen LogP contribution >= 0.6 is 0 Å². The van der Waals surface area contributed by atoms with Crippen LogP contribution < -0.4 is 0 Å². The molecule has 6 nitrogen and oxygen atoms in total. The minimum atomic E-state index is -1.00. The van der Waals surface area contributed by atoms with Crippen LogP contribution in [0.25, 0.3) is 0 Å². The highest BCUT2D eigenvalue weighted by Crippen LogP contribution is 2.16. The van der Waals surface area contributed by atoms with Gasteiger partial charge in [-0.05, 0) is 50.9 Å². The summed E-state index contributed by atoms with van der Waals surface area (Å²) in [6.45, 7) is 6.54. The summed E-state index contributed by atoms with van der Waals surface area (Å²) in [5, 5.41) is 20.0. The van der Waals surface area contributed by atoms with E-state index >= 15 is 0 Å². The molecule has 0 spiro atoms. The Morgan fingerprint density at radius 3 is 1.68 bits per heavy atom. The number of hydrogen-bond donors (Lipinski definition) is 2. The lowest BCUT2D eigenvalue weighted by molar-refractivity contribution is -0.152. The molecular formula is C44H78O6. The molecule has 0 aromatic heterocycles. The van der Waals surface area contributed by atoms with Gasteiger partial charge in [-0.2, -0.15) is 0 Å². The third kappa shape index (κ3) is 37.1. The van der Waals surface area contributed by atoms with Gasteiger partial charge >= 0.3 is 11.9 Å². The highest BCUT2D eigenvalue weighted by atomic mass is 16.6. The molecule has 50 heavy (non-hydrogen) atoms. The minimum absolute atomic E-state index is 0.148. The summed E-state index contributed by atoms with van der Waals surface area (Å²) >= 11 is 0. The predicted octanol–water partition coefficient (Wildman–Crippen LogP) is 11.8. The Balaban J connectivity index is 3.57. The van der Waals surface area contributed by atoms with Crippen LogP contribution in [-0.4, -0.2) is 47.6 Å². The maximum absolute atomic E-state index is 12.0. The van der Waals surface area contributed by atoms with Gasteiger partial charge in [-0.1, -0.05) is 179 Å². The van der Waals surface area contributed by atoms with Gasteiger partial charge in [-0.25, -0.2) is 0 Å². The Kier molecular flexibility index (Phi) is 36.4. The highest BCUT2D eigenvalue weighted by molar-refractivity contribution is 5.69. The number of rotatable bonds is 36. The first-order valence-corrected chi connectivity index (χ1v) is 20.7. The van der Waals surface area contributed by atoms with Crippen molar-refractivity contribution in [2.45, 2.75) is 200 Å². The summed E-state index contributed by atoms with van der Waals surface area (Å²) < 4.78 is 10.3. The normalized spacial score (nSPS) is 13.9. The number of aliphatic hydroxyl groups excluding tert-OH is 2. The van der Waals surface area contributed by atoms with Gasteiger partial charge in [0.15, 0.2) is 0 Å².